The summed E-state index contributed by atoms with van der Waals surface area (Å²) in [6.07, 6.45) is -1.79. The predicted molar refractivity (Wildman–Crippen MR) is 117 cm³/mol. The highest BCUT2D eigenvalue weighted by Gasteiger charge is 2.40. The van der Waals surface area contributed by atoms with Crippen molar-refractivity contribution in [1.29, 1.82) is 0 Å². The average Bonchev–Trinajstić information content (AvgIpc) is 3.07. The van der Waals surface area contributed by atoms with Gasteiger partial charge in [0.05, 0.1) is 18.6 Å². The van der Waals surface area contributed by atoms with Crippen molar-refractivity contribution in [3.63, 3.8) is 0 Å². The summed E-state index contributed by atoms with van der Waals surface area (Å²) in [6.45, 7) is 9.78. The molecule has 1 saturated heterocycles. The molecule has 1 fully saturated rings. The molecule has 3 N–H and O–H groups in total. The number of amides is 1. The number of carbonyl (C=O) groups is 2. The molecular formula is C22H31N3O8. The molecule has 1 amide bonds. The van der Waals surface area contributed by atoms with Crippen molar-refractivity contribution in [1.82, 2.24) is 14.9 Å². The zero-order chi connectivity index (χ0) is 25.0. The van der Waals surface area contributed by atoms with Crippen LogP contribution in [0.25, 0.3) is 0 Å². The highest BCUT2D eigenvalue weighted by Crippen LogP contribution is 2.31. The Bertz CT molecular complexity index is 1050. The van der Waals surface area contributed by atoms with Crippen molar-refractivity contribution in [2.24, 2.45) is 5.41 Å². The summed E-state index contributed by atoms with van der Waals surface area (Å²) in [4.78, 5) is 50.5. The molecule has 11 nitrogen and oxygen atoms in total. The van der Waals surface area contributed by atoms with Crippen molar-refractivity contribution in [3.8, 4) is 11.8 Å². The Hall–Kier alpha value is -3.10. The van der Waals surface area contributed by atoms with Crippen molar-refractivity contribution in [2.45, 2.75) is 72.0 Å². The van der Waals surface area contributed by atoms with E-state index in [-0.39, 0.29) is 18.5 Å². The molecule has 0 radical (unpaired) electrons. The van der Waals surface area contributed by atoms with Crippen molar-refractivity contribution >= 4 is 12.1 Å². The maximum Gasteiger partial charge on any atom is 0.408 e. The summed E-state index contributed by atoms with van der Waals surface area (Å²) in [7, 11) is 0. The van der Waals surface area contributed by atoms with E-state index in [0.717, 1.165) is 4.57 Å². The standard InChI is InChI=1S/C22H31N3O8/c1-21(2,3)18(28)32-14-10-16(31-15(14)12-26)25-11-13(17(27)24-19(25)29)8-7-9-23-20(30)33-22(4,5)6/h11,14-16,26H,9-10,12H2,1-6H3,(H,23,30)(H,24,27,29)/t14-,15+,16+/m0/s1. The zero-order valence-electron chi connectivity index (χ0n) is 19.7. The van der Waals surface area contributed by atoms with Gasteiger partial charge in [-0.15, -0.1) is 0 Å². The van der Waals surface area contributed by atoms with E-state index >= 15 is 0 Å². The van der Waals surface area contributed by atoms with E-state index in [4.69, 9.17) is 14.2 Å². The Morgan fingerprint density at radius 2 is 1.94 bits per heavy atom. The number of aromatic nitrogens is 2. The largest absolute Gasteiger partial charge is 0.459 e. The Morgan fingerprint density at radius 3 is 2.52 bits per heavy atom. The second-order valence-electron chi connectivity index (χ2n) is 9.61. The fourth-order valence-corrected chi connectivity index (χ4v) is 2.83. The summed E-state index contributed by atoms with van der Waals surface area (Å²) in [5.74, 6) is 4.75. The van der Waals surface area contributed by atoms with Gasteiger partial charge in [0.25, 0.3) is 5.56 Å². The molecule has 2 rings (SSSR count). The molecule has 0 bridgehead atoms. The normalized spacial score (nSPS) is 20.5. The molecule has 3 atom stereocenters. The molecular weight excluding hydrogens is 434 g/mol. The monoisotopic (exact) mass is 465 g/mol. The van der Waals surface area contributed by atoms with Crippen LogP contribution >= 0.6 is 0 Å². The van der Waals surface area contributed by atoms with Gasteiger partial charge in [-0.05, 0) is 41.5 Å². The van der Waals surface area contributed by atoms with Gasteiger partial charge in [-0.1, -0.05) is 11.8 Å². The van der Waals surface area contributed by atoms with Crippen LogP contribution in [0.1, 0.15) is 59.8 Å². The number of carbonyl (C=O) groups excluding carboxylic acids is 2. The predicted octanol–water partition coefficient (Wildman–Crippen LogP) is 0.651. The quantitative estimate of drug-likeness (QED) is 0.433. The number of alkyl carbamates (subject to hydrolysis) is 1. The van der Waals surface area contributed by atoms with Gasteiger partial charge in [-0.2, -0.15) is 0 Å². The molecule has 0 saturated carbocycles. The number of ether oxygens (including phenoxy) is 3. The number of H-pyrrole nitrogens is 1. The number of rotatable bonds is 4. The van der Waals surface area contributed by atoms with Crippen LogP contribution in [0.2, 0.25) is 0 Å². The first-order valence-corrected chi connectivity index (χ1v) is 10.5. The summed E-state index contributed by atoms with van der Waals surface area (Å²) < 4.78 is 17.4. The fraction of sp³-hybridized carbons (Fsp3) is 0.636. The molecule has 1 aromatic heterocycles. The lowest BCUT2D eigenvalue weighted by Gasteiger charge is -2.22. The fourth-order valence-electron chi connectivity index (χ4n) is 2.83. The Morgan fingerprint density at radius 1 is 1.27 bits per heavy atom. The Labute approximate surface area is 191 Å². The number of hydrogen-bond donors (Lipinski definition) is 3. The van der Waals surface area contributed by atoms with E-state index in [1.165, 1.54) is 6.20 Å². The highest BCUT2D eigenvalue weighted by atomic mass is 16.6. The zero-order valence-corrected chi connectivity index (χ0v) is 19.7. The van der Waals surface area contributed by atoms with Gasteiger partial charge in [0.1, 0.15) is 29.6 Å². The Kier molecular flexibility index (Phi) is 8.11. The molecule has 0 unspecified atom stereocenters. The summed E-state index contributed by atoms with van der Waals surface area (Å²) >= 11 is 0. The van der Waals surface area contributed by atoms with Crippen LogP contribution < -0.4 is 16.6 Å². The number of aliphatic hydroxyl groups is 1. The molecule has 11 heteroatoms. The minimum Gasteiger partial charge on any atom is -0.459 e. The lowest BCUT2D eigenvalue weighted by atomic mass is 9.97. The van der Waals surface area contributed by atoms with Gasteiger partial charge in [0.2, 0.25) is 0 Å². The minimum absolute atomic E-state index is 0.0279. The number of hydrogen-bond acceptors (Lipinski definition) is 8. The topological polar surface area (TPSA) is 149 Å². The van der Waals surface area contributed by atoms with Crippen LogP contribution in [0.5, 0.6) is 0 Å². The van der Waals surface area contributed by atoms with Gasteiger partial charge in [0.15, 0.2) is 0 Å². The number of aliphatic hydroxyl groups excluding tert-OH is 1. The molecule has 0 aromatic carbocycles. The van der Waals surface area contributed by atoms with Crippen LogP contribution in [0.3, 0.4) is 0 Å². The van der Waals surface area contributed by atoms with Crippen LogP contribution in [0, 0.1) is 17.3 Å². The van der Waals surface area contributed by atoms with Gasteiger partial charge in [0, 0.05) is 12.6 Å². The second kappa shape index (κ2) is 10.2. The molecule has 2 heterocycles. The van der Waals surface area contributed by atoms with Gasteiger partial charge in [-0.3, -0.25) is 19.1 Å². The third-order valence-corrected chi connectivity index (χ3v) is 4.45. The van der Waals surface area contributed by atoms with Crippen molar-refractivity contribution < 1.29 is 28.9 Å². The van der Waals surface area contributed by atoms with Gasteiger partial charge >= 0.3 is 17.8 Å². The summed E-state index contributed by atoms with van der Waals surface area (Å²) in [5.41, 5.74) is -2.87. The molecule has 33 heavy (non-hydrogen) atoms. The highest BCUT2D eigenvalue weighted by molar-refractivity contribution is 5.75. The van der Waals surface area contributed by atoms with Gasteiger partial charge < -0.3 is 24.6 Å². The first-order chi connectivity index (χ1) is 15.2. The number of esters is 1. The summed E-state index contributed by atoms with van der Waals surface area (Å²) in [6, 6.07) is 0. The molecule has 1 aliphatic rings. The first-order valence-electron chi connectivity index (χ1n) is 10.5. The van der Waals surface area contributed by atoms with E-state index in [0.29, 0.717) is 0 Å². The second-order valence-corrected chi connectivity index (χ2v) is 9.61. The number of nitrogens with zero attached hydrogens (tertiary/aromatic N) is 1. The first kappa shape index (κ1) is 26.2. The smallest absolute Gasteiger partial charge is 0.408 e. The van der Waals surface area contributed by atoms with E-state index < -0.39 is 59.4 Å². The molecule has 0 spiro atoms. The third kappa shape index (κ3) is 7.47. The van der Waals surface area contributed by atoms with Crippen LogP contribution in [-0.2, 0) is 19.0 Å². The SMILES string of the molecule is CC(C)(C)OC(=O)NCC#Cc1cn([C@H]2C[C@H](OC(=O)C(C)(C)C)[C@@H](CO)O2)c(=O)[nH]c1=O. The van der Waals surface area contributed by atoms with E-state index in [2.05, 4.69) is 22.1 Å². The Balaban J connectivity index is 2.15. The van der Waals surface area contributed by atoms with Crippen LogP contribution in [-0.4, -0.2) is 57.7 Å². The minimum atomic E-state index is -0.885. The lowest BCUT2D eigenvalue weighted by molar-refractivity contribution is -0.162. The van der Waals surface area contributed by atoms with Gasteiger partial charge in [-0.25, -0.2) is 9.59 Å². The average molecular weight is 466 g/mol. The third-order valence-electron chi connectivity index (χ3n) is 4.45. The van der Waals surface area contributed by atoms with Crippen molar-refractivity contribution in [2.75, 3.05) is 13.2 Å². The van der Waals surface area contributed by atoms with E-state index in [1.54, 1.807) is 41.5 Å². The maximum atomic E-state index is 12.3. The number of nitrogens with one attached hydrogen (secondary N) is 2. The molecule has 1 aromatic rings. The van der Waals surface area contributed by atoms with E-state index in [9.17, 15) is 24.3 Å². The van der Waals surface area contributed by atoms with Crippen molar-refractivity contribution in [3.05, 3.63) is 32.6 Å². The maximum absolute atomic E-state index is 12.3. The summed E-state index contributed by atoms with van der Waals surface area (Å²) in [5, 5.41) is 12.1. The van der Waals surface area contributed by atoms with Crippen LogP contribution in [0.4, 0.5) is 4.79 Å². The molecule has 0 aliphatic carbocycles. The molecule has 1 aliphatic heterocycles. The molecule has 182 valence electrons. The van der Waals surface area contributed by atoms with E-state index in [1.807, 2.05) is 0 Å². The van der Waals surface area contributed by atoms with Crippen LogP contribution in [0.15, 0.2) is 15.8 Å². The lowest BCUT2D eigenvalue weighted by Crippen LogP contribution is -2.34. The number of aromatic amines is 1.